The molecule has 0 saturated heterocycles. The molecule has 2 N–H and O–H groups in total. The summed E-state index contributed by atoms with van der Waals surface area (Å²) in [7, 11) is 0. The van der Waals surface area contributed by atoms with Crippen molar-refractivity contribution in [3.63, 3.8) is 0 Å². The summed E-state index contributed by atoms with van der Waals surface area (Å²) in [5, 5.41) is 17.8. The molecule has 0 heterocycles. The Morgan fingerprint density at radius 3 is 2.25 bits per heavy atom. The molecule has 12 heavy (non-hydrogen) atoms. The minimum Gasteiger partial charge on any atom is -0.467 e. The lowest BCUT2D eigenvalue weighted by atomic mass is 10.3. The summed E-state index contributed by atoms with van der Waals surface area (Å²) in [6.07, 6.45) is -1.01. The third-order valence-electron chi connectivity index (χ3n) is 1.13. The molecule has 0 bridgehead atoms. The van der Waals surface area contributed by atoms with Crippen LogP contribution in [0.4, 0.5) is 0 Å². The van der Waals surface area contributed by atoms with E-state index in [1.54, 1.807) is 0 Å². The van der Waals surface area contributed by atoms with Crippen LogP contribution in [-0.2, 0) is 9.53 Å². The third kappa shape index (κ3) is 4.87. The van der Waals surface area contributed by atoms with Gasteiger partial charge in [-0.25, -0.2) is 0 Å². The molecule has 0 aromatic heterocycles. The first-order valence-electron chi connectivity index (χ1n) is 3.65. The summed E-state index contributed by atoms with van der Waals surface area (Å²) in [5.74, 6) is 0.126. The molecular weight excluding hydrogens is 160 g/mol. The van der Waals surface area contributed by atoms with Gasteiger partial charge in [-0.1, -0.05) is 0 Å². The van der Waals surface area contributed by atoms with Crippen molar-refractivity contribution in [3.8, 4) is 0 Å². The fourth-order valence-corrected chi connectivity index (χ4v) is 0.609. The molecule has 4 heteroatoms. The number of rotatable bonds is 4. The predicted molar refractivity (Wildman–Crippen MR) is 43.2 cm³/mol. The van der Waals surface area contributed by atoms with Crippen LogP contribution in [0.15, 0.2) is 11.8 Å². The quantitative estimate of drug-likeness (QED) is 0.363. The third-order valence-corrected chi connectivity index (χ3v) is 1.13. The molecule has 0 aliphatic heterocycles. The van der Waals surface area contributed by atoms with Crippen LogP contribution in [0.2, 0.25) is 0 Å². The molecular formula is C8H14O4. The van der Waals surface area contributed by atoms with Gasteiger partial charge in [-0.05, 0) is 20.8 Å². The molecule has 0 radical (unpaired) electrons. The second-order valence-corrected chi connectivity index (χ2v) is 2.61. The normalized spacial score (nSPS) is 16.9. The Morgan fingerprint density at radius 1 is 1.42 bits per heavy atom. The summed E-state index contributed by atoms with van der Waals surface area (Å²) in [6, 6.07) is 0. The van der Waals surface area contributed by atoms with E-state index in [4.69, 9.17) is 14.9 Å². The first-order valence-corrected chi connectivity index (χ1v) is 3.65. The lowest BCUT2D eigenvalue weighted by molar-refractivity contribution is -0.131. The summed E-state index contributed by atoms with van der Waals surface area (Å²) < 4.78 is 4.77. The highest BCUT2D eigenvalue weighted by Gasteiger charge is 2.11. The highest BCUT2D eigenvalue weighted by Crippen LogP contribution is 2.03. The van der Waals surface area contributed by atoms with Gasteiger partial charge in [0, 0.05) is 6.08 Å². The second kappa shape index (κ2) is 4.90. The fourth-order valence-electron chi connectivity index (χ4n) is 0.609. The number of carbonyl (C=O) groups is 1. The number of hydrogen-bond acceptors (Lipinski definition) is 4. The zero-order valence-corrected chi connectivity index (χ0v) is 7.44. The monoisotopic (exact) mass is 174 g/mol. The molecule has 0 aromatic rings. The van der Waals surface area contributed by atoms with Crippen molar-refractivity contribution in [1.29, 1.82) is 0 Å². The maximum absolute atomic E-state index is 10.5. The Kier molecular flexibility index (Phi) is 4.54. The minimum atomic E-state index is -1.28. The predicted octanol–water partition coefficient (Wildman–Crippen LogP) is 0.195. The smallest absolute Gasteiger partial charge is 0.222 e. The van der Waals surface area contributed by atoms with Gasteiger partial charge in [0.2, 0.25) is 6.29 Å². The molecule has 0 aliphatic carbocycles. The Hall–Kier alpha value is -0.870. The lowest BCUT2D eigenvalue weighted by Crippen LogP contribution is -2.25. The van der Waals surface area contributed by atoms with Crippen LogP contribution in [0.25, 0.3) is 0 Å². The van der Waals surface area contributed by atoms with Gasteiger partial charge >= 0.3 is 0 Å². The molecule has 4 nitrogen and oxygen atoms in total. The number of carbonyl (C=O) groups excluding carboxylic acids is 1. The molecule has 0 aromatic carbocycles. The lowest BCUT2D eigenvalue weighted by Gasteiger charge is -2.15. The van der Waals surface area contributed by atoms with E-state index < -0.39 is 12.4 Å². The van der Waals surface area contributed by atoms with Gasteiger partial charge in [-0.15, -0.1) is 0 Å². The average Bonchev–Trinajstić information content (AvgIpc) is 1.84. The topological polar surface area (TPSA) is 66.8 Å². The SMILES string of the molecule is CC(=O)/C=C(/C)OC(O)C(C)O. The number of ether oxygens (including phenoxy) is 1. The molecule has 0 rings (SSSR count). The van der Waals surface area contributed by atoms with E-state index in [0.29, 0.717) is 0 Å². The van der Waals surface area contributed by atoms with E-state index in [1.807, 2.05) is 0 Å². The number of hydrogen-bond donors (Lipinski definition) is 2. The van der Waals surface area contributed by atoms with Crippen LogP contribution in [0.1, 0.15) is 20.8 Å². The number of allylic oxidation sites excluding steroid dienone is 2. The Bertz CT molecular complexity index is 183. The molecule has 0 spiro atoms. The molecule has 0 fully saturated rings. The van der Waals surface area contributed by atoms with Crippen LogP contribution in [-0.4, -0.2) is 28.4 Å². The van der Waals surface area contributed by atoms with E-state index in [0.717, 1.165) is 0 Å². The van der Waals surface area contributed by atoms with E-state index in [-0.39, 0.29) is 11.5 Å². The van der Waals surface area contributed by atoms with Gasteiger partial charge in [-0.3, -0.25) is 4.79 Å². The van der Waals surface area contributed by atoms with E-state index in [2.05, 4.69) is 0 Å². The minimum absolute atomic E-state index is 0.162. The maximum Gasteiger partial charge on any atom is 0.222 e. The first kappa shape index (κ1) is 11.1. The molecule has 0 aliphatic rings. The van der Waals surface area contributed by atoms with Crippen LogP contribution in [0.5, 0.6) is 0 Å². The van der Waals surface area contributed by atoms with Gasteiger partial charge in [0.25, 0.3) is 0 Å². The number of aliphatic hydroxyl groups excluding tert-OH is 2. The Morgan fingerprint density at radius 2 is 1.92 bits per heavy atom. The van der Waals surface area contributed by atoms with E-state index >= 15 is 0 Å². The van der Waals surface area contributed by atoms with Gasteiger partial charge in [0.15, 0.2) is 5.78 Å². The average molecular weight is 174 g/mol. The molecule has 2 atom stereocenters. The standard InChI is InChI=1S/C8H14O4/c1-5(9)4-6(2)12-8(11)7(3)10/h4,7-8,10-11H,1-3H3/b6-4-. The van der Waals surface area contributed by atoms with Crippen LogP contribution in [0.3, 0.4) is 0 Å². The number of aliphatic hydroxyl groups is 2. The number of ketones is 1. The molecule has 2 unspecified atom stereocenters. The molecule has 0 amide bonds. The van der Waals surface area contributed by atoms with Crippen molar-refractivity contribution >= 4 is 5.78 Å². The Balaban J connectivity index is 4.00. The highest BCUT2D eigenvalue weighted by atomic mass is 16.6. The summed E-state index contributed by atoms with van der Waals surface area (Å²) in [4.78, 5) is 10.5. The van der Waals surface area contributed by atoms with Crippen LogP contribution < -0.4 is 0 Å². The summed E-state index contributed by atoms with van der Waals surface area (Å²) >= 11 is 0. The summed E-state index contributed by atoms with van der Waals surface area (Å²) in [5.41, 5.74) is 0. The van der Waals surface area contributed by atoms with Gasteiger partial charge in [0.1, 0.15) is 11.9 Å². The largest absolute Gasteiger partial charge is 0.467 e. The first-order chi connectivity index (χ1) is 5.43. The van der Waals surface area contributed by atoms with Gasteiger partial charge in [0.05, 0.1) is 0 Å². The van der Waals surface area contributed by atoms with E-state index in [1.165, 1.54) is 26.8 Å². The summed E-state index contributed by atoms with van der Waals surface area (Å²) in [6.45, 7) is 4.31. The maximum atomic E-state index is 10.5. The van der Waals surface area contributed by atoms with Crippen molar-refractivity contribution < 1.29 is 19.7 Å². The van der Waals surface area contributed by atoms with Crippen molar-refractivity contribution in [2.45, 2.75) is 33.2 Å². The van der Waals surface area contributed by atoms with Gasteiger partial charge in [-0.2, -0.15) is 0 Å². The highest BCUT2D eigenvalue weighted by molar-refractivity contribution is 5.87. The van der Waals surface area contributed by atoms with Crippen molar-refractivity contribution in [1.82, 2.24) is 0 Å². The van der Waals surface area contributed by atoms with Crippen LogP contribution >= 0.6 is 0 Å². The Labute approximate surface area is 71.5 Å². The molecule has 70 valence electrons. The van der Waals surface area contributed by atoms with E-state index in [9.17, 15) is 4.79 Å². The molecule has 0 saturated carbocycles. The van der Waals surface area contributed by atoms with Crippen LogP contribution in [0, 0.1) is 0 Å². The van der Waals surface area contributed by atoms with Crippen molar-refractivity contribution in [2.75, 3.05) is 0 Å². The zero-order valence-electron chi connectivity index (χ0n) is 7.44. The van der Waals surface area contributed by atoms with Crippen molar-refractivity contribution in [3.05, 3.63) is 11.8 Å². The van der Waals surface area contributed by atoms with Crippen molar-refractivity contribution in [2.24, 2.45) is 0 Å². The fraction of sp³-hybridized carbons (Fsp3) is 0.625. The van der Waals surface area contributed by atoms with Gasteiger partial charge < -0.3 is 14.9 Å². The second-order valence-electron chi connectivity index (χ2n) is 2.61. The zero-order chi connectivity index (χ0) is 9.72.